The number of nitrogens with zero attached hydrogens (tertiary/aromatic N) is 2. The normalized spacial score (nSPS) is 11.0. The van der Waals surface area contributed by atoms with Crippen LogP contribution in [0.25, 0.3) is 0 Å². The van der Waals surface area contributed by atoms with Crippen LogP contribution in [0.4, 0.5) is 30.2 Å². The fourth-order valence-electron chi connectivity index (χ4n) is 3.65. The topological polar surface area (TPSA) is 109 Å². The number of amides is 1. The Balaban J connectivity index is 1.50. The van der Waals surface area contributed by atoms with Gasteiger partial charge >= 0.3 is 12.3 Å². The Labute approximate surface area is 230 Å². The molecule has 0 saturated heterocycles. The number of alkyl halides is 3. The maximum atomic E-state index is 13.0. The van der Waals surface area contributed by atoms with Crippen LogP contribution in [0, 0.1) is 0 Å². The van der Waals surface area contributed by atoms with Crippen molar-refractivity contribution in [3.63, 3.8) is 0 Å². The molecule has 40 heavy (non-hydrogen) atoms. The number of ether oxygens (including phenoxy) is 1. The molecule has 1 amide bonds. The summed E-state index contributed by atoms with van der Waals surface area (Å²) in [6.45, 7) is 0. The Morgan fingerprint density at radius 2 is 1.52 bits per heavy atom. The lowest BCUT2D eigenvalue weighted by Crippen LogP contribution is -2.18. The molecule has 0 bridgehead atoms. The Morgan fingerprint density at radius 3 is 2.10 bits per heavy atom. The number of anilines is 3. The molecule has 0 aliphatic carbocycles. The molecule has 0 fully saturated rings. The smallest absolute Gasteiger partial charge is 0.478 e. The standard InChI is InChI=1S/C28H19ClF3N3O5/c1-35(19-7-5-18(29)6-8-19)20-9-13-24(33-15-20)25(36)17-4-12-23(22(14-17)27(38)39)34-26(37)16-2-10-21(11-3-16)40-28(30,31)32/h2-15H,1H3,(H,34,37)(H,38,39). The molecule has 4 rings (SSSR count). The van der Waals surface area contributed by atoms with Crippen LogP contribution in [0.2, 0.25) is 5.02 Å². The molecule has 1 aromatic heterocycles. The fourth-order valence-corrected chi connectivity index (χ4v) is 3.78. The molecule has 204 valence electrons. The van der Waals surface area contributed by atoms with Crippen molar-refractivity contribution in [2.24, 2.45) is 0 Å². The first-order valence-electron chi connectivity index (χ1n) is 11.5. The number of carboxylic acids is 1. The van der Waals surface area contributed by atoms with Crippen molar-refractivity contribution >= 4 is 46.3 Å². The minimum atomic E-state index is -4.88. The van der Waals surface area contributed by atoms with Gasteiger partial charge in [0, 0.05) is 28.9 Å². The maximum Gasteiger partial charge on any atom is 0.573 e. The molecule has 2 N–H and O–H groups in total. The Bertz CT molecular complexity index is 1560. The predicted octanol–water partition coefficient (Wildman–Crippen LogP) is 6.58. The zero-order chi connectivity index (χ0) is 29.0. The van der Waals surface area contributed by atoms with Crippen LogP contribution >= 0.6 is 11.6 Å². The molecular weight excluding hydrogens is 551 g/mol. The number of halogens is 4. The number of rotatable bonds is 8. The van der Waals surface area contributed by atoms with E-state index in [1.807, 2.05) is 24.1 Å². The van der Waals surface area contributed by atoms with Crippen LogP contribution in [-0.2, 0) is 0 Å². The quantitative estimate of drug-likeness (QED) is 0.231. The fraction of sp³-hybridized carbons (Fsp3) is 0.0714. The van der Waals surface area contributed by atoms with Crippen LogP contribution in [0.5, 0.6) is 5.75 Å². The zero-order valence-corrected chi connectivity index (χ0v) is 21.3. The molecule has 8 nitrogen and oxygen atoms in total. The van der Waals surface area contributed by atoms with Crippen molar-refractivity contribution in [2.75, 3.05) is 17.3 Å². The molecule has 0 unspecified atom stereocenters. The van der Waals surface area contributed by atoms with E-state index in [0.29, 0.717) is 10.7 Å². The van der Waals surface area contributed by atoms with Crippen LogP contribution in [-0.4, -0.2) is 41.2 Å². The molecule has 12 heteroatoms. The lowest BCUT2D eigenvalue weighted by atomic mass is 10.0. The first-order chi connectivity index (χ1) is 18.9. The summed E-state index contributed by atoms with van der Waals surface area (Å²) in [6.07, 6.45) is -3.38. The molecule has 0 aliphatic heterocycles. The van der Waals surface area contributed by atoms with Crippen LogP contribution in [0.1, 0.15) is 36.8 Å². The van der Waals surface area contributed by atoms with Gasteiger partial charge in [0.1, 0.15) is 11.4 Å². The van der Waals surface area contributed by atoms with Gasteiger partial charge in [-0.15, -0.1) is 13.2 Å². The zero-order valence-electron chi connectivity index (χ0n) is 20.6. The van der Waals surface area contributed by atoms with E-state index in [9.17, 15) is 32.7 Å². The van der Waals surface area contributed by atoms with Crippen molar-refractivity contribution in [2.45, 2.75) is 6.36 Å². The summed E-state index contributed by atoms with van der Waals surface area (Å²) in [5, 5.41) is 12.7. The minimum absolute atomic E-state index is 0.0235. The minimum Gasteiger partial charge on any atom is -0.478 e. The molecule has 0 radical (unpaired) electrons. The van der Waals surface area contributed by atoms with E-state index in [1.165, 1.54) is 24.4 Å². The molecule has 1 heterocycles. The predicted molar refractivity (Wildman–Crippen MR) is 142 cm³/mol. The third-order valence-electron chi connectivity index (χ3n) is 5.69. The van der Waals surface area contributed by atoms with Crippen molar-refractivity contribution in [3.05, 3.63) is 112 Å². The number of pyridine rings is 1. The number of ketones is 1. The summed E-state index contributed by atoms with van der Waals surface area (Å²) < 4.78 is 40.8. The lowest BCUT2D eigenvalue weighted by molar-refractivity contribution is -0.274. The van der Waals surface area contributed by atoms with Crippen molar-refractivity contribution in [1.82, 2.24) is 4.98 Å². The highest BCUT2D eigenvalue weighted by atomic mass is 35.5. The van der Waals surface area contributed by atoms with Crippen molar-refractivity contribution in [3.8, 4) is 5.75 Å². The third-order valence-corrected chi connectivity index (χ3v) is 5.94. The third kappa shape index (κ3) is 6.75. The summed E-state index contributed by atoms with van der Waals surface area (Å²) >= 11 is 5.93. The summed E-state index contributed by atoms with van der Waals surface area (Å²) in [4.78, 5) is 43.6. The van der Waals surface area contributed by atoms with E-state index in [-0.39, 0.29) is 28.1 Å². The number of aromatic carboxylic acids is 1. The van der Waals surface area contributed by atoms with Crippen molar-refractivity contribution < 1.29 is 37.4 Å². The second kappa shape index (κ2) is 11.5. The highest BCUT2D eigenvalue weighted by Gasteiger charge is 2.31. The molecule has 0 spiro atoms. The van der Waals surface area contributed by atoms with Gasteiger partial charge in [-0.3, -0.25) is 14.6 Å². The van der Waals surface area contributed by atoms with Gasteiger partial charge in [-0.1, -0.05) is 11.6 Å². The van der Waals surface area contributed by atoms with Crippen LogP contribution < -0.4 is 15.0 Å². The van der Waals surface area contributed by atoms with E-state index in [1.54, 1.807) is 18.2 Å². The van der Waals surface area contributed by atoms with E-state index >= 15 is 0 Å². The van der Waals surface area contributed by atoms with Crippen LogP contribution in [0.3, 0.4) is 0 Å². The number of nitrogens with one attached hydrogen (secondary N) is 1. The van der Waals surface area contributed by atoms with Gasteiger partial charge < -0.3 is 20.1 Å². The SMILES string of the molecule is CN(c1ccc(Cl)cc1)c1ccc(C(=O)c2ccc(NC(=O)c3ccc(OC(F)(F)F)cc3)c(C(=O)O)c2)nc1. The first kappa shape index (κ1) is 28.1. The van der Waals surface area contributed by atoms with Gasteiger partial charge in [0.2, 0.25) is 5.78 Å². The monoisotopic (exact) mass is 569 g/mol. The second-order valence-electron chi connectivity index (χ2n) is 8.36. The lowest BCUT2D eigenvalue weighted by Gasteiger charge is -2.19. The van der Waals surface area contributed by atoms with Gasteiger partial charge in [0.15, 0.2) is 0 Å². The number of carbonyl (C=O) groups is 3. The number of aromatic nitrogens is 1. The highest BCUT2D eigenvalue weighted by Crippen LogP contribution is 2.26. The number of hydrogen-bond donors (Lipinski definition) is 2. The van der Waals surface area contributed by atoms with E-state index in [2.05, 4.69) is 15.0 Å². The van der Waals surface area contributed by atoms with Gasteiger partial charge in [-0.25, -0.2) is 4.79 Å². The van der Waals surface area contributed by atoms with Crippen LogP contribution in [0.15, 0.2) is 85.1 Å². The molecule has 0 saturated carbocycles. The van der Waals surface area contributed by atoms with E-state index < -0.39 is 29.8 Å². The number of hydrogen-bond acceptors (Lipinski definition) is 6. The number of benzene rings is 3. The summed E-state index contributed by atoms with van der Waals surface area (Å²) in [5.74, 6) is -3.24. The molecule has 3 aromatic carbocycles. The Kier molecular flexibility index (Phi) is 8.05. The molecule has 0 aliphatic rings. The second-order valence-corrected chi connectivity index (χ2v) is 8.79. The summed E-state index contributed by atoms with van der Waals surface area (Å²) in [5.41, 5.74) is 1.12. The molecular formula is C28H19ClF3N3O5. The summed E-state index contributed by atoms with van der Waals surface area (Å²) in [6, 6.07) is 18.1. The average Bonchev–Trinajstić information content (AvgIpc) is 2.92. The van der Waals surface area contributed by atoms with Gasteiger partial charge in [0.25, 0.3) is 5.91 Å². The number of carboxylic acid groups (broad SMARTS) is 1. The Hall–Kier alpha value is -4.90. The van der Waals surface area contributed by atoms with E-state index in [4.69, 9.17) is 11.6 Å². The summed E-state index contributed by atoms with van der Waals surface area (Å²) in [7, 11) is 1.82. The maximum absolute atomic E-state index is 13.0. The Morgan fingerprint density at radius 1 is 0.900 bits per heavy atom. The average molecular weight is 570 g/mol. The largest absolute Gasteiger partial charge is 0.573 e. The number of carbonyl (C=O) groups excluding carboxylic acids is 2. The van der Waals surface area contributed by atoms with Gasteiger partial charge in [-0.2, -0.15) is 0 Å². The van der Waals surface area contributed by atoms with Gasteiger partial charge in [-0.05, 0) is 78.9 Å². The van der Waals surface area contributed by atoms with Crippen molar-refractivity contribution in [1.29, 1.82) is 0 Å². The van der Waals surface area contributed by atoms with Gasteiger partial charge in [0.05, 0.1) is 23.1 Å². The molecule has 4 aromatic rings. The van der Waals surface area contributed by atoms with E-state index in [0.717, 1.165) is 36.0 Å². The first-order valence-corrected chi connectivity index (χ1v) is 11.8. The molecule has 0 atom stereocenters. The highest BCUT2D eigenvalue weighted by molar-refractivity contribution is 6.30.